The molecule has 0 saturated heterocycles. The minimum Gasteiger partial charge on any atom is -0.439 e. The van der Waals surface area contributed by atoms with Crippen molar-refractivity contribution >= 4 is 11.8 Å². The summed E-state index contributed by atoms with van der Waals surface area (Å²) in [5.74, 6) is 1.98. The summed E-state index contributed by atoms with van der Waals surface area (Å²) in [5.41, 5.74) is 1.01. The van der Waals surface area contributed by atoms with E-state index in [0.717, 1.165) is 24.4 Å². The minimum absolute atomic E-state index is 0.317. The summed E-state index contributed by atoms with van der Waals surface area (Å²) in [7, 11) is 0. The van der Waals surface area contributed by atoms with Crippen LogP contribution in [-0.4, -0.2) is 24.7 Å². The van der Waals surface area contributed by atoms with Crippen molar-refractivity contribution in [1.29, 1.82) is 0 Å². The fourth-order valence-electron chi connectivity index (χ4n) is 2.91. The normalized spacial score (nSPS) is 13.4. The molecule has 1 aliphatic carbocycles. The molecule has 0 atom stereocenters. The predicted molar refractivity (Wildman–Crippen MR) is 106 cm³/mol. The molecule has 0 aliphatic heterocycles. The first-order valence-corrected chi connectivity index (χ1v) is 10.0. The molecule has 8 heteroatoms. The highest BCUT2D eigenvalue weighted by molar-refractivity contribution is 7.99. The van der Waals surface area contributed by atoms with Crippen LogP contribution >= 0.6 is 11.8 Å². The van der Waals surface area contributed by atoms with Crippen LogP contribution in [0.25, 0.3) is 5.69 Å². The smallest absolute Gasteiger partial charge is 0.223 e. The first-order chi connectivity index (χ1) is 14.3. The fourth-order valence-corrected chi connectivity index (χ4v) is 3.69. The summed E-state index contributed by atoms with van der Waals surface area (Å²) < 4.78 is 20.8. The maximum atomic E-state index is 13.1. The monoisotopic (exact) mass is 405 g/mol. The summed E-state index contributed by atoms with van der Waals surface area (Å²) in [6.07, 6.45) is 3.89. The molecule has 2 aromatic heterocycles. The average molecular weight is 405 g/mol. The van der Waals surface area contributed by atoms with Gasteiger partial charge in [0.1, 0.15) is 17.4 Å². The van der Waals surface area contributed by atoms with E-state index in [-0.39, 0.29) is 5.82 Å². The molecule has 4 aromatic rings. The molecule has 29 heavy (non-hydrogen) atoms. The third-order valence-corrected chi connectivity index (χ3v) is 5.27. The van der Waals surface area contributed by atoms with Crippen LogP contribution in [0.2, 0.25) is 0 Å². The predicted octanol–water partition coefficient (Wildman–Crippen LogP) is 5.02. The number of nitrogens with zero attached hydrogens (tertiary/aromatic N) is 5. The number of halogens is 1. The lowest BCUT2D eigenvalue weighted by atomic mass is 10.3. The maximum absolute atomic E-state index is 13.1. The molecule has 0 radical (unpaired) electrons. The van der Waals surface area contributed by atoms with Gasteiger partial charge in [0.15, 0.2) is 5.16 Å². The fraction of sp³-hybridized carbons (Fsp3) is 0.143. The maximum Gasteiger partial charge on any atom is 0.223 e. The summed E-state index contributed by atoms with van der Waals surface area (Å²) in [4.78, 5) is 8.77. The van der Waals surface area contributed by atoms with Crippen molar-refractivity contribution in [1.82, 2.24) is 24.7 Å². The van der Waals surface area contributed by atoms with E-state index in [1.807, 2.05) is 30.3 Å². The van der Waals surface area contributed by atoms with Gasteiger partial charge in [-0.2, -0.15) is 4.98 Å². The Labute approximate surface area is 170 Å². The van der Waals surface area contributed by atoms with Crippen molar-refractivity contribution in [3.8, 4) is 17.3 Å². The van der Waals surface area contributed by atoms with Crippen LogP contribution in [0.1, 0.15) is 24.6 Å². The van der Waals surface area contributed by atoms with Gasteiger partial charge < -0.3 is 4.74 Å². The summed E-state index contributed by atoms with van der Waals surface area (Å²) in [5, 5.41) is 10.0. The molecule has 2 aromatic carbocycles. The second-order valence-electron chi connectivity index (χ2n) is 6.62. The summed E-state index contributed by atoms with van der Waals surface area (Å²) >= 11 is 1.33. The standard InChI is InChI=1S/C21H16FN5OS/c22-15-8-10-17(11-9-15)28-18-12-13-23-20(24-18)29-21-26-25-19(14-6-7-14)27(21)16-4-2-1-3-5-16/h1-5,8-14H,6-7H2. The Morgan fingerprint density at radius 3 is 2.52 bits per heavy atom. The van der Waals surface area contributed by atoms with Crippen LogP contribution in [0.15, 0.2) is 77.2 Å². The number of ether oxygens (including phenoxy) is 1. The third-order valence-electron chi connectivity index (χ3n) is 4.44. The Morgan fingerprint density at radius 2 is 1.76 bits per heavy atom. The number of hydrogen-bond acceptors (Lipinski definition) is 6. The lowest BCUT2D eigenvalue weighted by molar-refractivity contribution is 0.454. The van der Waals surface area contributed by atoms with Crippen LogP contribution < -0.4 is 4.74 Å². The van der Waals surface area contributed by atoms with E-state index in [1.54, 1.807) is 24.4 Å². The van der Waals surface area contributed by atoms with Gasteiger partial charge in [-0.25, -0.2) is 9.37 Å². The molecule has 0 spiro atoms. The average Bonchev–Trinajstić information content (AvgIpc) is 3.51. The van der Waals surface area contributed by atoms with Crippen molar-refractivity contribution in [3.05, 3.63) is 78.5 Å². The summed E-state index contributed by atoms with van der Waals surface area (Å²) in [6, 6.07) is 17.5. The lowest BCUT2D eigenvalue weighted by Crippen LogP contribution is -2.02. The molecule has 0 unspecified atom stereocenters. The van der Waals surface area contributed by atoms with Gasteiger partial charge in [-0.05, 0) is 61.0 Å². The van der Waals surface area contributed by atoms with Gasteiger partial charge in [-0.3, -0.25) is 4.57 Å². The number of benzene rings is 2. The lowest BCUT2D eigenvalue weighted by Gasteiger charge is -2.09. The molecule has 5 rings (SSSR count). The van der Waals surface area contributed by atoms with E-state index < -0.39 is 0 Å². The molecule has 144 valence electrons. The highest BCUT2D eigenvalue weighted by Gasteiger charge is 2.31. The Balaban J connectivity index is 1.43. The van der Waals surface area contributed by atoms with Crippen LogP contribution in [-0.2, 0) is 0 Å². The Kier molecular flexibility index (Phi) is 4.69. The van der Waals surface area contributed by atoms with Gasteiger partial charge in [-0.15, -0.1) is 10.2 Å². The largest absolute Gasteiger partial charge is 0.439 e. The van der Waals surface area contributed by atoms with E-state index >= 15 is 0 Å². The molecule has 1 aliphatic rings. The molecule has 0 amide bonds. The zero-order valence-electron chi connectivity index (χ0n) is 15.3. The van der Waals surface area contributed by atoms with Gasteiger partial charge in [0.25, 0.3) is 0 Å². The van der Waals surface area contributed by atoms with Crippen LogP contribution in [0.5, 0.6) is 11.6 Å². The first kappa shape index (κ1) is 17.8. The molecule has 1 saturated carbocycles. The van der Waals surface area contributed by atoms with E-state index in [2.05, 4.69) is 24.7 Å². The van der Waals surface area contributed by atoms with Crippen molar-refractivity contribution in [2.24, 2.45) is 0 Å². The first-order valence-electron chi connectivity index (χ1n) is 9.21. The van der Waals surface area contributed by atoms with E-state index in [9.17, 15) is 4.39 Å². The van der Waals surface area contributed by atoms with Crippen molar-refractivity contribution < 1.29 is 9.13 Å². The minimum atomic E-state index is -0.317. The van der Waals surface area contributed by atoms with E-state index in [4.69, 9.17) is 4.74 Å². The van der Waals surface area contributed by atoms with Gasteiger partial charge in [0, 0.05) is 23.9 Å². The quantitative estimate of drug-likeness (QED) is 0.420. The molecule has 1 fully saturated rings. The third kappa shape index (κ3) is 3.97. The van der Waals surface area contributed by atoms with Crippen molar-refractivity contribution in [3.63, 3.8) is 0 Å². The molecule has 0 bridgehead atoms. The number of para-hydroxylation sites is 1. The van der Waals surface area contributed by atoms with Crippen molar-refractivity contribution in [2.75, 3.05) is 0 Å². The Morgan fingerprint density at radius 1 is 0.966 bits per heavy atom. The zero-order chi connectivity index (χ0) is 19.6. The second kappa shape index (κ2) is 7.63. The van der Waals surface area contributed by atoms with Crippen LogP contribution in [0.4, 0.5) is 4.39 Å². The number of rotatable bonds is 6. The molecule has 0 N–H and O–H groups in total. The molecular weight excluding hydrogens is 389 g/mol. The molecule has 2 heterocycles. The zero-order valence-corrected chi connectivity index (χ0v) is 16.1. The topological polar surface area (TPSA) is 65.7 Å². The Bertz CT molecular complexity index is 1130. The Hall–Kier alpha value is -3.26. The van der Waals surface area contributed by atoms with Crippen LogP contribution in [0.3, 0.4) is 0 Å². The van der Waals surface area contributed by atoms with Gasteiger partial charge in [-0.1, -0.05) is 18.2 Å². The van der Waals surface area contributed by atoms with Gasteiger partial charge >= 0.3 is 0 Å². The number of aromatic nitrogens is 5. The number of hydrogen-bond donors (Lipinski definition) is 0. The van der Waals surface area contributed by atoms with Gasteiger partial charge in [0.05, 0.1) is 0 Å². The molecular formula is C21H16FN5OS. The SMILES string of the molecule is Fc1ccc(Oc2ccnc(Sc3nnc(C4CC4)n3-c3ccccc3)n2)cc1. The molecule has 6 nitrogen and oxygen atoms in total. The van der Waals surface area contributed by atoms with Crippen LogP contribution in [0, 0.1) is 5.82 Å². The van der Waals surface area contributed by atoms with Gasteiger partial charge in [0.2, 0.25) is 11.0 Å². The van der Waals surface area contributed by atoms with Crippen molar-refractivity contribution in [2.45, 2.75) is 29.1 Å². The second-order valence-corrected chi connectivity index (χ2v) is 7.56. The highest BCUT2D eigenvalue weighted by atomic mass is 32.2. The van der Waals surface area contributed by atoms with E-state index in [0.29, 0.717) is 27.9 Å². The summed E-state index contributed by atoms with van der Waals surface area (Å²) in [6.45, 7) is 0. The highest BCUT2D eigenvalue weighted by Crippen LogP contribution is 2.41. The van der Waals surface area contributed by atoms with E-state index in [1.165, 1.54) is 23.9 Å².